The van der Waals surface area contributed by atoms with E-state index in [0.717, 1.165) is 48.3 Å². The van der Waals surface area contributed by atoms with Crippen molar-refractivity contribution in [2.45, 2.75) is 119 Å². The molecule has 0 radical (unpaired) electrons. The van der Waals surface area contributed by atoms with E-state index in [-0.39, 0.29) is 12.1 Å². The Morgan fingerprint density at radius 2 is 1.69 bits per heavy atom. The summed E-state index contributed by atoms with van der Waals surface area (Å²) in [4.78, 5) is 11.5. The highest BCUT2D eigenvalue weighted by atomic mass is 16.5. The number of hydrogen-bond acceptors (Lipinski definition) is 2. The van der Waals surface area contributed by atoms with Crippen molar-refractivity contribution in [1.82, 2.24) is 0 Å². The molecule has 0 aliphatic heterocycles. The largest absolute Gasteiger partial charge is 0.463 e. The number of carbonyl (C=O) groups is 1. The van der Waals surface area contributed by atoms with Gasteiger partial charge in [0, 0.05) is 6.92 Å². The zero-order valence-corrected chi connectivity index (χ0v) is 22.1. The maximum absolute atomic E-state index is 11.5. The summed E-state index contributed by atoms with van der Waals surface area (Å²) in [5.41, 5.74) is 2.79. The van der Waals surface area contributed by atoms with Crippen LogP contribution in [-0.2, 0) is 9.53 Å². The lowest BCUT2D eigenvalue weighted by molar-refractivity contribution is -0.152. The van der Waals surface area contributed by atoms with E-state index in [1.165, 1.54) is 51.4 Å². The van der Waals surface area contributed by atoms with E-state index in [4.69, 9.17) is 4.74 Å². The molecule has 4 rings (SSSR count). The van der Waals surface area contributed by atoms with Gasteiger partial charge in [0.25, 0.3) is 0 Å². The Morgan fingerprint density at radius 1 is 1.00 bits per heavy atom. The first-order valence-electron chi connectivity index (χ1n) is 13.9. The number of esters is 1. The fourth-order valence-corrected chi connectivity index (χ4v) is 8.85. The lowest BCUT2D eigenvalue weighted by Crippen LogP contribution is -2.50. The molecule has 3 fully saturated rings. The zero-order valence-electron chi connectivity index (χ0n) is 22.1. The maximum atomic E-state index is 11.5. The van der Waals surface area contributed by atoms with Crippen molar-refractivity contribution in [1.29, 1.82) is 0 Å². The van der Waals surface area contributed by atoms with E-state index < -0.39 is 0 Å². The third-order valence-electron chi connectivity index (χ3n) is 11.3. The van der Waals surface area contributed by atoms with Crippen LogP contribution >= 0.6 is 0 Å². The van der Waals surface area contributed by atoms with Gasteiger partial charge in [0.05, 0.1) is 0 Å². The van der Waals surface area contributed by atoms with Crippen molar-refractivity contribution in [3.63, 3.8) is 0 Å². The average Bonchev–Trinajstić information content (AvgIpc) is 3.08. The number of rotatable bonds is 6. The van der Waals surface area contributed by atoms with Gasteiger partial charge in [-0.25, -0.2) is 0 Å². The molecule has 0 aromatic heterocycles. The van der Waals surface area contributed by atoms with Crippen LogP contribution in [0, 0.1) is 52.3 Å². The minimum absolute atomic E-state index is 0.104. The fraction of sp³-hybridized carbons (Fsp3) is 0.900. The van der Waals surface area contributed by atoms with Gasteiger partial charge >= 0.3 is 5.97 Å². The third-order valence-corrected chi connectivity index (χ3v) is 11.3. The third kappa shape index (κ3) is 4.22. The molecule has 4 aliphatic rings. The predicted octanol–water partition coefficient (Wildman–Crippen LogP) is 8.21. The molecule has 0 saturated heterocycles. The van der Waals surface area contributed by atoms with Gasteiger partial charge in [-0.3, -0.25) is 4.79 Å². The first kappa shape index (κ1) is 24.3. The van der Waals surface area contributed by atoms with E-state index in [0.29, 0.717) is 16.7 Å². The van der Waals surface area contributed by atoms with E-state index in [2.05, 4.69) is 47.6 Å². The Bertz CT molecular complexity index is 722. The summed E-state index contributed by atoms with van der Waals surface area (Å²) in [6.45, 7) is 16.6. The van der Waals surface area contributed by atoms with Crippen LogP contribution in [0.1, 0.15) is 113 Å². The van der Waals surface area contributed by atoms with Crippen LogP contribution < -0.4 is 0 Å². The maximum Gasteiger partial charge on any atom is 0.302 e. The summed E-state index contributed by atoms with van der Waals surface area (Å²) in [5.74, 6) is 5.58. The molecule has 0 spiro atoms. The van der Waals surface area contributed by atoms with Gasteiger partial charge in [-0.05, 0) is 104 Å². The Morgan fingerprint density at radius 3 is 2.38 bits per heavy atom. The predicted molar refractivity (Wildman–Crippen MR) is 133 cm³/mol. The summed E-state index contributed by atoms with van der Waals surface area (Å²) < 4.78 is 5.64. The summed E-state index contributed by atoms with van der Waals surface area (Å²) in [6, 6.07) is 0. The number of hydrogen-bond donors (Lipinski definition) is 0. The quantitative estimate of drug-likeness (QED) is 0.306. The molecular weight excluding hydrogens is 392 g/mol. The van der Waals surface area contributed by atoms with Crippen LogP contribution in [0.15, 0.2) is 11.6 Å². The van der Waals surface area contributed by atoms with Crippen LogP contribution in [-0.4, -0.2) is 12.1 Å². The molecule has 0 N–H and O–H groups in total. The van der Waals surface area contributed by atoms with Crippen molar-refractivity contribution in [3.05, 3.63) is 11.6 Å². The highest BCUT2D eigenvalue weighted by molar-refractivity contribution is 5.66. The van der Waals surface area contributed by atoms with Crippen molar-refractivity contribution in [2.75, 3.05) is 0 Å². The second-order valence-corrected chi connectivity index (χ2v) is 13.3. The molecule has 9 atom stereocenters. The van der Waals surface area contributed by atoms with Gasteiger partial charge in [-0.15, -0.1) is 0 Å². The van der Waals surface area contributed by atoms with Gasteiger partial charge < -0.3 is 4.74 Å². The Kier molecular flexibility index (Phi) is 6.92. The minimum Gasteiger partial charge on any atom is -0.463 e. The molecular formula is C30H50O2. The van der Waals surface area contributed by atoms with Crippen LogP contribution in [0.2, 0.25) is 0 Å². The summed E-state index contributed by atoms with van der Waals surface area (Å²) in [6.07, 6.45) is 15.9. The summed E-state index contributed by atoms with van der Waals surface area (Å²) in [7, 11) is 0. The molecule has 182 valence electrons. The first-order valence-corrected chi connectivity index (χ1v) is 13.9. The smallest absolute Gasteiger partial charge is 0.302 e. The molecule has 2 nitrogen and oxygen atoms in total. The van der Waals surface area contributed by atoms with Gasteiger partial charge in [0.1, 0.15) is 6.10 Å². The number of allylic oxidation sites excluding steroid dienone is 2. The highest BCUT2D eigenvalue weighted by Gasteiger charge is 2.58. The van der Waals surface area contributed by atoms with Crippen molar-refractivity contribution in [3.8, 4) is 0 Å². The Labute approximate surface area is 198 Å². The molecule has 0 unspecified atom stereocenters. The minimum atomic E-state index is -0.104. The van der Waals surface area contributed by atoms with Crippen LogP contribution in [0.25, 0.3) is 0 Å². The molecule has 0 amide bonds. The normalized spacial score (nSPS) is 43.0. The fourth-order valence-electron chi connectivity index (χ4n) is 8.85. The molecule has 0 aromatic carbocycles. The molecule has 0 aromatic rings. The molecule has 0 bridgehead atoms. The molecule has 0 heterocycles. The molecule has 2 heteroatoms. The van der Waals surface area contributed by atoms with Gasteiger partial charge in [0.2, 0.25) is 0 Å². The number of fused-ring (bicyclic) bond motifs is 5. The average molecular weight is 443 g/mol. The van der Waals surface area contributed by atoms with Gasteiger partial charge in [-0.2, -0.15) is 0 Å². The van der Waals surface area contributed by atoms with Crippen molar-refractivity contribution in [2.24, 2.45) is 52.3 Å². The molecule has 3 saturated carbocycles. The van der Waals surface area contributed by atoms with E-state index in [1.807, 2.05) is 5.57 Å². The Hall–Kier alpha value is -0.790. The van der Waals surface area contributed by atoms with E-state index >= 15 is 0 Å². The molecule has 4 aliphatic carbocycles. The number of carbonyl (C=O) groups excluding carboxylic acids is 1. The Balaban J connectivity index is 1.47. The van der Waals surface area contributed by atoms with Crippen molar-refractivity contribution >= 4 is 5.97 Å². The molecule has 32 heavy (non-hydrogen) atoms. The topological polar surface area (TPSA) is 26.3 Å². The van der Waals surface area contributed by atoms with Crippen LogP contribution in [0.3, 0.4) is 0 Å². The standard InChI is InChI=1S/C30H50O2/c1-19(2)20(3)8-9-21(4)26-12-13-27-25-11-10-23-18-24(32-22(5)31)14-16-29(23,6)28(25)15-17-30(26,27)7/h11,19-21,23-24,26-28H,8-10,12-18H2,1-7H3/t20-,21-,23+,24+,26-,27+,28+,29+,30-/m1/s1. The lowest BCUT2D eigenvalue weighted by atomic mass is 9.47. The van der Waals surface area contributed by atoms with Crippen molar-refractivity contribution < 1.29 is 9.53 Å². The second-order valence-electron chi connectivity index (χ2n) is 13.3. The summed E-state index contributed by atoms with van der Waals surface area (Å²) >= 11 is 0. The monoisotopic (exact) mass is 442 g/mol. The van der Waals surface area contributed by atoms with Crippen LogP contribution in [0.4, 0.5) is 0 Å². The van der Waals surface area contributed by atoms with E-state index in [9.17, 15) is 4.79 Å². The van der Waals surface area contributed by atoms with Crippen LogP contribution in [0.5, 0.6) is 0 Å². The number of ether oxygens (including phenoxy) is 1. The summed E-state index contributed by atoms with van der Waals surface area (Å²) in [5, 5.41) is 0. The zero-order chi connectivity index (χ0) is 23.3. The van der Waals surface area contributed by atoms with Gasteiger partial charge in [0.15, 0.2) is 0 Å². The van der Waals surface area contributed by atoms with E-state index in [1.54, 1.807) is 6.92 Å². The SMILES string of the molecule is CC(=O)O[C@H]1CC[C@@]2(C)[C@@H](CC=C3[C@@H]2CC[C@]2(C)[C@@H]([C@H](C)CC[C@@H](C)C(C)C)CC[C@@H]32)C1. The second kappa shape index (κ2) is 9.10. The highest BCUT2D eigenvalue weighted by Crippen LogP contribution is 2.67. The first-order chi connectivity index (χ1) is 15.1. The van der Waals surface area contributed by atoms with Gasteiger partial charge in [-0.1, -0.05) is 66.0 Å². The lowest BCUT2D eigenvalue weighted by Gasteiger charge is -2.58.